The second kappa shape index (κ2) is 13.4. The van der Waals surface area contributed by atoms with Crippen molar-refractivity contribution in [3.05, 3.63) is 58.6 Å². The number of rotatable bonds is 10. The van der Waals surface area contributed by atoms with Crippen molar-refractivity contribution in [1.29, 1.82) is 0 Å². The molecule has 240 valence electrons. The van der Waals surface area contributed by atoms with E-state index >= 15 is 0 Å². The molecular formula is C22H14Cl2N4O14P2S2+2. The Balaban J connectivity index is 2.01. The third-order valence-electron chi connectivity index (χ3n) is 5.52. The van der Waals surface area contributed by atoms with E-state index in [1.54, 1.807) is 0 Å². The summed E-state index contributed by atoms with van der Waals surface area (Å²) in [4.78, 5) is 15.9. The Hall–Kier alpha value is -3.94. The van der Waals surface area contributed by atoms with Gasteiger partial charge in [-0.25, -0.2) is 9.05 Å². The minimum Gasteiger partial charge on any atom is -0.505 e. The van der Waals surface area contributed by atoms with Crippen LogP contribution in [0.1, 0.15) is 0 Å². The second-order valence-corrected chi connectivity index (χ2v) is 13.4. The molecule has 2 unspecified atom stereocenters. The van der Waals surface area contributed by atoms with E-state index in [2.05, 4.69) is 20.5 Å². The molecule has 0 aliphatic heterocycles. The molecule has 4 aromatic rings. The smallest absolute Gasteiger partial charge is 0.505 e. The molecule has 0 spiro atoms. The van der Waals surface area contributed by atoms with Crippen LogP contribution in [0.2, 0.25) is 10.0 Å². The van der Waals surface area contributed by atoms with Gasteiger partial charge in [-0.1, -0.05) is 23.2 Å². The quantitative estimate of drug-likeness (QED) is 0.0543. The number of phenolic OH excluding ortho intramolecular Hbond substituents is 2. The van der Waals surface area contributed by atoms with Crippen molar-refractivity contribution in [1.82, 2.24) is 0 Å². The summed E-state index contributed by atoms with van der Waals surface area (Å²) in [6.07, 6.45) is 0. The van der Waals surface area contributed by atoms with Gasteiger partial charge in [0, 0.05) is 31.3 Å². The zero-order valence-corrected chi connectivity index (χ0v) is 26.8. The van der Waals surface area contributed by atoms with E-state index < -0.39 is 91.7 Å². The highest BCUT2D eigenvalue weighted by atomic mass is 35.5. The fourth-order valence-corrected chi connectivity index (χ4v) is 5.98. The van der Waals surface area contributed by atoms with E-state index in [1.165, 1.54) is 12.1 Å². The number of hydrogen-bond donors (Lipinski definition) is 6. The summed E-state index contributed by atoms with van der Waals surface area (Å²) in [7, 11) is -17.0. The fourth-order valence-electron chi connectivity index (χ4n) is 3.71. The second-order valence-electron chi connectivity index (χ2n) is 8.47. The number of aromatic hydroxyl groups is 2. The maximum absolute atomic E-state index is 12.2. The lowest BCUT2D eigenvalue weighted by Gasteiger charge is -2.13. The van der Waals surface area contributed by atoms with Crippen molar-refractivity contribution >= 4 is 93.5 Å². The van der Waals surface area contributed by atoms with Crippen LogP contribution in [0.4, 0.5) is 22.7 Å². The van der Waals surface area contributed by atoms with E-state index in [4.69, 9.17) is 42.0 Å². The van der Waals surface area contributed by atoms with Crippen molar-refractivity contribution in [3.8, 4) is 23.0 Å². The van der Waals surface area contributed by atoms with Crippen molar-refractivity contribution < 1.29 is 64.1 Å². The van der Waals surface area contributed by atoms with Crippen LogP contribution in [0, 0.1) is 0 Å². The Morgan fingerprint density at radius 3 is 1.33 bits per heavy atom. The van der Waals surface area contributed by atoms with Gasteiger partial charge in [0.25, 0.3) is 20.2 Å². The van der Waals surface area contributed by atoms with Gasteiger partial charge in [0.15, 0.2) is 11.5 Å². The third-order valence-corrected chi connectivity index (χ3v) is 8.43. The van der Waals surface area contributed by atoms with E-state index in [0.717, 1.165) is 24.3 Å². The molecule has 18 nitrogen and oxygen atoms in total. The van der Waals surface area contributed by atoms with Gasteiger partial charge in [-0.2, -0.15) is 16.8 Å². The third kappa shape index (κ3) is 7.88. The zero-order chi connectivity index (χ0) is 34.1. The Kier molecular flexibility index (Phi) is 10.2. The van der Waals surface area contributed by atoms with E-state index in [-0.39, 0.29) is 21.4 Å². The first-order valence-electron chi connectivity index (χ1n) is 11.5. The van der Waals surface area contributed by atoms with Crippen LogP contribution in [-0.4, -0.2) is 45.9 Å². The van der Waals surface area contributed by atoms with Gasteiger partial charge >= 0.3 is 16.5 Å². The first-order chi connectivity index (χ1) is 21.4. The highest BCUT2D eigenvalue weighted by Gasteiger charge is 2.29. The average molecular weight is 755 g/mol. The molecule has 0 bridgehead atoms. The minimum absolute atomic E-state index is 0.0293. The lowest BCUT2D eigenvalue weighted by molar-refractivity contribution is 0.409. The summed E-state index contributed by atoms with van der Waals surface area (Å²) < 4.78 is 101. The van der Waals surface area contributed by atoms with E-state index in [1.807, 2.05) is 0 Å². The van der Waals surface area contributed by atoms with Crippen LogP contribution in [-0.2, 0) is 29.4 Å². The molecule has 0 heterocycles. The molecule has 0 aliphatic rings. The number of azo groups is 2. The van der Waals surface area contributed by atoms with Gasteiger partial charge in [-0.15, -0.1) is 30.2 Å². The monoisotopic (exact) mass is 754 g/mol. The Morgan fingerprint density at radius 1 is 0.630 bits per heavy atom. The normalized spacial score (nSPS) is 13.0. The van der Waals surface area contributed by atoms with Gasteiger partial charge in [0.2, 0.25) is 11.5 Å². The molecule has 0 radical (unpaired) electrons. The number of nitrogens with zero attached hydrogens (tertiary/aromatic N) is 4. The lowest BCUT2D eigenvalue weighted by atomic mass is 10.1. The molecule has 46 heavy (non-hydrogen) atoms. The van der Waals surface area contributed by atoms with Crippen LogP contribution in [0.25, 0.3) is 10.8 Å². The lowest BCUT2D eigenvalue weighted by Crippen LogP contribution is -2.01. The molecule has 0 aliphatic carbocycles. The number of hydrogen-bond acceptors (Lipinski definition) is 14. The minimum atomic E-state index is -5.28. The Bertz CT molecular complexity index is 2080. The average Bonchev–Trinajstić information content (AvgIpc) is 2.91. The highest BCUT2D eigenvalue weighted by Crippen LogP contribution is 2.50. The first-order valence-corrected chi connectivity index (χ1v) is 17.4. The molecule has 2 atom stereocenters. The molecule has 4 rings (SSSR count). The molecule has 0 amide bonds. The Morgan fingerprint density at radius 2 is 1.00 bits per heavy atom. The number of phenols is 2. The maximum atomic E-state index is 12.2. The van der Waals surface area contributed by atoms with Crippen LogP contribution >= 0.6 is 39.7 Å². The topological polar surface area (TPSA) is 292 Å². The summed E-state index contributed by atoms with van der Waals surface area (Å²) in [6, 6.07) is 7.99. The molecule has 24 heteroatoms. The van der Waals surface area contributed by atoms with Crippen LogP contribution < -0.4 is 9.05 Å². The number of fused-ring (bicyclic) bond motifs is 1. The van der Waals surface area contributed by atoms with Crippen molar-refractivity contribution in [2.24, 2.45) is 20.5 Å². The van der Waals surface area contributed by atoms with Crippen molar-refractivity contribution in [2.45, 2.75) is 9.79 Å². The predicted octanol–water partition coefficient (Wildman–Crippen LogP) is 6.94. The van der Waals surface area contributed by atoms with Gasteiger partial charge in [-0.05, 0) is 41.8 Å². The summed E-state index contributed by atoms with van der Waals surface area (Å²) in [6.45, 7) is 0. The molecule has 4 aromatic carbocycles. The molecule has 6 N–H and O–H groups in total. The summed E-state index contributed by atoms with van der Waals surface area (Å²) in [5.74, 6) is -3.26. The van der Waals surface area contributed by atoms with Crippen LogP contribution in [0.15, 0.2) is 78.8 Å². The van der Waals surface area contributed by atoms with Gasteiger partial charge in [0.05, 0.1) is 5.39 Å². The molecule has 0 aromatic heterocycles. The highest BCUT2D eigenvalue weighted by molar-refractivity contribution is 7.86. The van der Waals surface area contributed by atoms with Crippen LogP contribution in [0.3, 0.4) is 0 Å². The van der Waals surface area contributed by atoms with Gasteiger partial charge in [-0.3, -0.25) is 9.11 Å². The molecular weight excluding hydrogens is 741 g/mol. The molecule has 0 saturated carbocycles. The fraction of sp³-hybridized carbons (Fsp3) is 0. The number of benzene rings is 4. The van der Waals surface area contributed by atoms with Gasteiger partial charge < -0.3 is 10.2 Å². The molecule has 0 fully saturated rings. The summed E-state index contributed by atoms with van der Waals surface area (Å²) in [5.41, 5.74) is -2.70. The largest absolute Gasteiger partial charge is 0.747 e. The zero-order valence-electron chi connectivity index (χ0n) is 21.8. The van der Waals surface area contributed by atoms with Crippen molar-refractivity contribution in [3.63, 3.8) is 0 Å². The first kappa shape index (κ1) is 34.9. The maximum Gasteiger partial charge on any atom is 0.747 e. The van der Waals surface area contributed by atoms with Gasteiger partial charge in [0.1, 0.15) is 32.5 Å². The SMILES string of the molecule is O=[P+](O)Oc1cc(Cl)ccc1N=Nc1c(S(=O)(=O)O)cc2cc(S(=O)(=O)O)c(N=Nc3ccc(Cl)cc3O[P+](=O)O)c(O)c2c1O. The molecule has 0 saturated heterocycles. The number of halogens is 2. The standard InChI is InChI=1S/C22H12Cl2N4O14P2S2/c23-10-1-3-12(14(7-10)41-43(31)32)25-27-19-16(45(35,36)37)5-9-6-17(46(38,39)40)20(22(30)18(9)21(19)29)28-26-13-4-2-11(24)8-15(13)42-44(33)34/h1-8H,(H4-2,25,26,29,30,31,32,33,34,35,36,37,38,39,40)/p+2. The van der Waals surface area contributed by atoms with Crippen molar-refractivity contribution in [2.75, 3.05) is 0 Å². The van der Waals surface area contributed by atoms with E-state index in [9.17, 15) is 45.3 Å². The summed E-state index contributed by atoms with van der Waals surface area (Å²) >= 11 is 11.7. The van der Waals surface area contributed by atoms with E-state index in [0.29, 0.717) is 12.1 Å². The predicted molar refractivity (Wildman–Crippen MR) is 159 cm³/mol. The Labute approximate surface area is 268 Å². The van der Waals surface area contributed by atoms with Crippen LogP contribution in [0.5, 0.6) is 23.0 Å². The summed E-state index contributed by atoms with van der Waals surface area (Å²) in [5, 5.41) is 35.4.